The molecule has 0 radical (unpaired) electrons. The van der Waals surface area contributed by atoms with Gasteiger partial charge in [0.1, 0.15) is 11.4 Å². The van der Waals surface area contributed by atoms with Crippen molar-refractivity contribution in [3.63, 3.8) is 0 Å². The van der Waals surface area contributed by atoms with Crippen molar-refractivity contribution >= 4 is 5.78 Å². The average molecular weight is 320 g/mol. The Hall–Kier alpha value is -2.05. The average Bonchev–Trinajstić information content (AvgIpc) is 3.12. The first kappa shape index (κ1) is 15.8. The number of ketones is 1. The fourth-order valence-corrected chi connectivity index (χ4v) is 3.28. The fraction of sp³-hybridized carbons (Fsp3) is 0.471. The van der Waals surface area contributed by atoms with Gasteiger partial charge in [-0.25, -0.2) is 0 Å². The molecule has 3 atom stereocenters. The van der Waals surface area contributed by atoms with Crippen LogP contribution in [0.5, 0.6) is 17.2 Å². The van der Waals surface area contributed by atoms with Gasteiger partial charge >= 0.3 is 0 Å². The lowest BCUT2D eigenvalue weighted by Gasteiger charge is -2.18. The number of Topliss-reactive ketones (excluding diaryl/α,β-unsaturated/α-hetero) is 1. The molecule has 1 aromatic carbocycles. The molecule has 0 bridgehead atoms. The summed E-state index contributed by atoms with van der Waals surface area (Å²) in [6.07, 6.45) is 0.735. The second kappa shape index (κ2) is 5.25. The molecule has 3 rings (SSSR count). The quantitative estimate of drug-likeness (QED) is 0.414. The van der Waals surface area contributed by atoms with Crippen LogP contribution in [-0.2, 0) is 11.2 Å². The van der Waals surface area contributed by atoms with Crippen LogP contribution in [0.25, 0.3) is 0 Å². The first-order valence-electron chi connectivity index (χ1n) is 7.46. The van der Waals surface area contributed by atoms with Crippen LogP contribution in [0.3, 0.4) is 0 Å². The van der Waals surface area contributed by atoms with Gasteiger partial charge in [0.15, 0.2) is 23.4 Å². The third-order valence-electron chi connectivity index (χ3n) is 4.48. The molecule has 0 aromatic heterocycles. The Kier molecular flexibility index (Phi) is 3.61. The van der Waals surface area contributed by atoms with Gasteiger partial charge in [-0.05, 0) is 20.3 Å². The second-order valence-electron chi connectivity index (χ2n) is 6.44. The Morgan fingerprint density at radius 1 is 1.39 bits per heavy atom. The maximum atomic E-state index is 12.7. The molecule has 0 amide bonds. The Labute approximate surface area is 134 Å². The normalized spacial score (nSPS) is 32.3. The fourth-order valence-electron chi connectivity index (χ4n) is 3.28. The summed E-state index contributed by atoms with van der Waals surface area (Å²) in [7, 11) is 1.37. The predicted molar refractivity (Wildman–Crippen MR) is 82.0 cm³/mol. The van der Waals surface area contributed by atoms with Crippen molar-refractivity contribution in [2.24, 2.45) is 0 Å². The summed E-state index contributed by atoms with van der Waals surface area (Å²) in [5, 5.41) is 30.8. The summed E-state index contributed by atoms with van der Waals surface area (Å²) < 4.78 is 10.5. The number of phenolic OH excluding ortho intramolecular Hbond substituents is 2. The topological polar surface area (TPSA) is 99.5 Å². The van der Waals surface area contributed by atoms with Gasteiger partial charge < -0.3 is 24.8 Å². The van der Waals surface area contributed by atoms with Gasteiger partial charge in [-0.15, -0.1) is 0 Å². The number of aliphatic hydroxyl groups is 1. The van der Waals surface area contributed by atoms with Crippen LogP contribution in [-0.4, -0.2) is 46.0 Å². The van der Waals surface area contributed by atoms with Crippen molar-refractivity contribution in [2.75, 3.05) is 7.11 Å². The predicted octanol–water partition coefficient (Wildman–Crippen LogP) is 1.70. The molecular formula is C17H20O6. The van der Waals surface area contributed by atoms with E-state index in [0.717, 1.165) is 5.57 Å². The van der Waals surface area contributed by atoms with E-state index >= 15 is 0 Å². The lowest BCUT2D eigenvalue weighted by atomic mass is 9.87. The van der Waals surface area contributed by atoms with Gasteiger partial charge in [0.25, 0.3) is 0 Å². The molecule has 23 heavy (non-hydrogen) atoms. The summed E-state index contributed by atoms with van der Waals surface area (Å²) in [5.74, 6) is -0.718. The van der Waals surface area contributed by atoms with Crippen molar-refractivity contribution in [1.82, 2.24) is 0 Å². The van der Waals surface area contributed by atoms with E-state index in [0.29, 0.717) is 6.42 Å². The van der Waals surface area contributed by atoms with Crippen molar-refractivity contribution in [3.8, 4) is 17.2 Å². The number of hydrogen-bond donors (Lipinski definition) is 3. The summed E-state index contributed by atoms with van der Waals surface area (Å²) >= 11 is 0. The van der Waals surface area contributed by atoms with Crippen LogP contribution >= 0.6 is 0 Å². The zero-order valence-corrected chi connectivity index (χ0v) is 13.3. The molecule has 2 aliphatic rings. The Balaban J connectivity index is 2.20. The first-order chi connectivity index (χ1) is 10.8. The summed E-state index contributed by atoms with van der Waals surface area (Å²) in [6, 6.07) is 1.23. The highest BCUT2D eigenvalue weighted by Gasteiger charge is 2.58. The van der Waals surface area contributed by atoms with Crippen LogP contribution in [0.15, 0.2) is 17.7 Å². The number of epoxide rings is 1. The largest absolute Gasteiger partial charge is 0.507 e. The highest BCUT2D eigenvalue weighted by atomic mass is 16.6. The van der Waals surface area contributed by atoms with Gasteiger partial charge in [-0.2, -0.15) is 0 Å². The highest BCUT2D eigenvalue weighted by molar-refractivity contribution is 6.06. The van der Waals surface area contributed by atoms with E-state index in [-0.39, 0.29) is 40.6 Å². The van der Waals surface area contributed by atoms with E-state index in [2.05, 4.69) is 0 Å². The molecule has 0 saturated carbocycles. The Morgan fingerprint density at radius 2 is 2.09 bits per heavy atom. The molecule has 1 saturated heterocycles. The number of rotatable bonds is 1. The molecule has 1 aliphatic carbocycles. The third kappa shape index (κ3) is 2.58. The van der Waals surface area contributed by atoms with E-state index in [4.69, 9.17) is 9.47 Å². The summed E-state index contributed by atoms with van der Waals surface area (Å²) in [5.41, 5.74) is 0.357. The van der Waals surface area contributed by atoms with Crippen molar-refractivity contribution in [3.05, 3.63) is 28.8 Å². The van der Waals surface area contributed by atoms with Gasteiger partial charge in [0.2, 0.25) is 0 Å². The lowest BCUT2D eigenvalue weighted by Crippen LogP contribution is -2.25. The van der Waals surface area contributed by atoms with Gasteiger partial charge in [-0.1, -0.05) is 11.6 Å². The molecule has 0 spiro atoms. The smallest absolute Gasteiger partial charge is 0.198 e. The van der Waals surface area contributed by atoms with E-state index in [1.54, 1.807) is 19.9 Å². The van der Waals surface area contributed by atoms with Gasteiger partial charge in [0, 0.05) is 18.1 Å². The number of aliphatic hydroxyl groups excluding tert-OH is 1. The van der Waals surface area contributed by atoms with Crippen LogP contribution in [0.2, 0.25) is 0 Å². The Bertz CT molecular complexity index is 708. The molecular weight excluding hydrogens is 300 g/mol. The lowest BCUT2D eigenvalue weighted by molar-refractivity contribution is 0.0949. The zero-order valence-electron chi connectivity index (χ0n) is 13.3. The first-order valence-corrected chi connectivity index (χ1v) is 7.46. The van der Waals surface area contributed by atoms with Crippen LogP contribution < -0.4 is 4.74 Å². The molecule has 124 valence electrons. The zero-order chi connectivity index (χ0) is 16.9. The minimum atomic E-state index is -0.760. The van der Waals surface area contributed by atoms with Crippen LogP contribution in [0.1, 0.15) is 36.2 Å². The standard InChI is InChI=1S/C17H20O6/c1-8-4-9(18)7-17(2)16(23-17)15(21)13-10(5-8)14(20)12(22-3)6-11(13)19/h4,6,9,16,18-20H,5,7H2,1-3H3/b8-4+/t9-,16-,17-/m1/s1. The van der Waals surface area contributed by atoms with Crippen molar-refractivity contribution < 1.29 is 29.6 Å². The number of phenols is 2. The number of hydrogen-bond acceptors (Lipinski definition) is 6. The minimum Gasteiger partial charge on any atom is -0.507 e. The summed E-state index contributed by atoms with van der Waals surface area (Å²) in [4.78, 5) is 12.7. The molecule has 6 heteroatoms. The van der Waals surface area contributed by atoms with Crippen LogP contribution in [0.4, 0.5) is 0 Å². The van der Waals surface area contributed by atoms with E-state index < -0.39 is 17.8 Å². The number of carbonyl (C=O) groups excluding carboxylic acids is 1. The summed E-state index contributed by atoms with van der Waals surface area (Å²) in [6.45, 7) is 3.55. The monoisotopic (exact) mass is 320 g/mol. The molecule has 6 nitrogen and oxygen atoms in total. The molecule has 1 aromatic rings. The molecule has 1 fully saturated rings. The molecule has 0 unspecified atom stereocenters. The number of benzene rings is 1. The van der Waals surface area contributed by atoms with Crippen molar-refractivity contribution in [2.45, 2.75) is 44.5 Å². The highest BCUT2D eigenvalue weighted by Crippen LogP contribution is 2.47. The number of methoxy groups -OCH3 is 1. The second-order valence-corrected chi connectivity index (χ2v) is 6.44. The van der Waals surface area contributed by atoms with Gasteiger partial charge in [-0.3, -0.25) is 4.79 Å². The number of carbonyl (C=O) groups is 1. The SMILES string of the molecule is COc1cc(O)c2c(c1O)C/C(C)=C/[C@@H](O)C[C@@]1(C)O[C@@H]1C2=O. The Morgan fingerprint density at radius 3 is 2.74 bits per heavy atom. The van der Waals surface area contributed by atoms with Crippen molar-refractivity contribution in [1.29, 1.82) is 0 Å². The third-order valence-corrected chi connectivity index (χ3v) is 4.48. The minimum absolute atomic E-state index is 0.0566. The molecule has 1 aliphatic heterocycles. The maximum absolute atomic E-state index is 12.7. The maximum Gasteiger partial charge on any atom is 0.198 e. The van der Waals surface area contributed by atoms with E-state index in [1.807, 2.05) is 0 Å². The van der Waals surface area contributed by atoms with Gasteiger partial charge in [0.05, 0.1) is 18.8 Å². The van der Waals surface area contributed by atoms with E-state index in [1.165, 1.54) is 13.2 Å². The number of fused-ring (bicyclic) bond motifs is 2. The van der Waals surface area contributed by atoms with Crippen LogP contribution in [0, 0.1) is 0 Å². The number of ether oxygens (including phenoxy) is 2. The molecule has 1 heterocycles. The molecule has 3 N–H and O–H groups in total. The number of allylic oxidation sites excluding steroid dienone is 1. The van der Waals surface area contributed by atoms with E-state index in [9.17, 15) is 20.1 Å². The number of aromatic hydroxyl groups is 2.